The fourth-order valence-electron chi connectivity index (χ4n) is 5.93. The van der Waals surface area contributed by atoms with Crippen molar-refractivity contribution in [3.8, 4) is 44.5 Å². The van der Waals surface area contributed by atoms with Gasteiger partial charge in [-0.05, 0) is 106 Å². The molecular formula is C46H30. The van der Waals surface area contributed by atoms with Crippen molar-refractivity contribution in [3.05, 3.63) is 182 Å². The molecule has 0 aromatic heterocycles. The monoisotopic (exact) mass is 600 g/mol. The van der Waals surface area contributed by atoms with Crippen molar-refractivity contribution in [3.63, 3.8) is 0 Å². The van der Waals surface area contributed by atoms with E-state index in [9.17, 15) is 8.22 Å². The maximum Gasteiger partial charge on any atom is 0.0636 e. The molecule has 0 aliphatic heterocycles. The lowest BCUT2D eigenvalue weighted by molar-refractivity contribution is 1.62. The summed E-state index contributed by atoms with van der Waals surface area (Å²) >= 11 is 0. The SMILES string of the molecule is [2H]c1c([2H])c([2H])c(-c2cc([2H])c3c(-c4ccc(-c5ccc6ccccc6c5)cc4)c4c([2H])c([2H])c([2H])c([2H])c4c(-c4c([2H])c([2H])c5c([2H])c([2H])c([2H])c([2H])c5c4[2H])c3c2[2H])c([2H])c1[2H]. The average Bonchev–Trinajstić information content (AvgIpc) is 3.29. The van der Waals surface area contributed by atoms with Gasteiger partial charge in [-0.3, -0.25) is 0 Å². The highest BCUT2D eigenvalue weighted by atomic mass is 14.2. The summed E-state index contributed by atoms with van der Waals surface area (Å²) in [4.78, 5) is 0. The molecule has 0 N–H and O–H groups in total. The molecule has 9 aromatic rings. The first-order valence-corrected chi connectivity index (χ1v) is 14.5. The molecule has 0 unspecified atom stereocenters. The molecule has 0 atom stereocenters. The van der Waals surface area contributed by atoms with Gasteiger partial charge in [0.15, 0.2) is 0 Å². The number of rotatable bonds is 4. The van der Waals surface area contributed by atoms with Gasteiger partial charge in [0.2, 0.25) is 0 Å². The van der Waals surface area contributed by atoms with E-state index < -0.39 is 136 Å². The lowest BCUT2D eigenvalue weighted by atomic mass is 9.84. The van der Waals surface area contributed by atoms with Crippen LogP contribution in [0.5, 0.6) is 0 Å². The van der Waals surface area contributed by atoms with E-state index in [2.05, 4.69) is 0 Å². The minimum atomic E-state index is -0.788. The Morgan fingerprint density at radius 3 is 1.74 bits per heavy atom. The Hall–Kier alpha value is -5.98. The molecule has 46 heavy (non-hydrogen) atoms. The third-order valence-corrected chi connectivity index (χ3v) is 8.08. The second-order valence-electron chi connectivity index (χ2n) is 10.7. The first kappa shape index (κ1) is 14.0. The van der Waals surface area contributed by atoms with Crippen LogP contribution in [0.2, 0.25) is 0 Å². The Balaban J connectivity index is 1.52. The summed E-state index contributed by atoms with van der Waals surface area (Å²) in [5, 5.41) is 0.104. The predicted octanol–water partition coefficient (Wildman–Crippen LogP) is 13.0. The van der Waals surface area contributed by atoms with Crippen LogP contribution >= 0.6 is 0 Å². The van der Waals surface area contributed by atoms with Gasteiger partial charge in [0.25, 0.3) is 0 Å². The standard InChI is InChI=1S/C46H30/c1-2-10-31(11-3-1)39-26-27-43-44(30-39)46(40-25-21-33-13-5-7-15-37(33)29-40)42-17-9-8-16-41(42)45(43)35-22-18-34(19-23-35)38-24-20-32-12-4-6-14-36(32)28-38/h1-30H/i1D,2D,3D,5D,7D,8D,9D,10D,11D,13D,15D,16D,17D,21D,25D,27D,29D,30D. The third-order valence-electron chi connectivity index (χ3n) is 8.08. The van der Waals surface area contributed by atoms with Crippen molar-refractivity contribution in [1.82, 2.24) is 0 Å². The van der Waals surface area contributed by atoms with Crippen LogP contribution in [-0.4, -0.2) is 0 Å². The van der Waals surface area contributed by atoms with Crippen LogP contribution in [0, 0.1) is 0 Å². The van der Waals surface area contributed by atoms with Crippen LogP contribution in [0.3, 0.4) is 0 Å². The molecular weight excluding hydrogens is 553 g/mol. The number of hydrogen-bond donors (Lipinski definition) is 0. The van der Waals surface area contributed by atoms with Gasteiger partial charge in [-0.15, -0.1) is 0 Å². The quantitative estimate of drug-likeness (QED) is 0.176. The highest BCUT2D eigenvalue weighted by molar-refractivity contribution is 6.22. The van der Waals surface area contributed by atoms with E-state index in [1.165, 1.54) is 0 Å². The fourth-order valence-corrected chi connectivity index (χ4v) is 5.93. The van der Waals surface area contributed by atoms with Crippen LogP contribution < -0.4 is 0 Å². The van der Waals surface area contributed by atoms with Gasteiger partial charge in [-0.25, -0.2) is 0 Å². The van der Waals surface area contributed by atoms with E-state index in [0.717, 1.165) is 28.0 Å². The van der Waals surface area contributed by atoms with Crippen LogP contribution in [0.15, 0.2) is 182 Å². The third kappa shape index (κ3) is 4.47. The zero-order valence-corrected chi connectivity index (χ0v) is 23.9. The Kier molecular flexibility index (Phi) is 3.30. The largest absolute Gasteiger partial charge is 0.0636 e. The molecule has 0 saturated carbocycles. The Morgan fingerprint density at radius 2 is 0.935 bits per heavy atom. The predicted molar refractivity (Wildman–Crippen MR) is 198 cm³/mol. The number of fused-ring (bicyclic) bond motifs is 4. The minimum absolute atomic E-state index is 0.0452. The summed E-state index contributed by atoms with van der Waals surface area (Å²) in [6, 6.07) is 9.39. The van der Waals surface area contributed by atoms with Gasteiger partial charge in [-0.2, -0.15) is 0 Å². The minimum Gasteiger partial charge on any atom is -0.0622 e. The molecule has 0 bridgehead atoms. The van der Waals surface area contributed by atoms with E-state index in [4.69, 9.17) is 16.4 Å². The smallest absolute Gasteiger partial charge is 0.0622 e. The molecule has 0 spiro atoms. The van der Waals surface area contributed by atoms with E-state index >= 15 is 0 Å². The van der Waals surface area contributed by atoms with Crippen molar-refractivity contribution in [1.29, 1.82) is 0 Å². The normalized spacial score (nSPS) is 17.0. The van der Waals surface area contributed by atoms with Crippen molar-refractivity contribution in [2.24, 2.45) is 0 Å². The number of hydrogen-bond acceptors (Lipinski definition) is 0. The molecule has 214 valence electrons. The molecule has 0 heterocycles. The van der Waals surface area contributed by atoms with E-state index in [0.29, 0.717) is 5.56 Å². The van der Waals surface area contributed by atoms with Gasteiger partial charge in [0.05, 0.1) is 24.7 Å². The maximum absolute atomic E-state index is 9.91. The first-order chi connectivity index (χ1) is 30.3. The molecule has 0 amide bonds. The lowest BCUT2D eigenvalue weighted by Gasteiger charge is -2.19. The Morgan fingerprint density at radius 1 is 0.304 bits per heavy atom. The molecule has 0 heteroatoms. The Labute approximate surface area is 294 Å². The summed E-state index contributed by atoms with van der Waals surface area (Å²) in [5.74, 6) is 0. The van der Waals surface area contributed by atoms with Crippen LogP contribution in [0.1, 0.15) is 24.7 Å². The van der Waals surface area contributed by atoms with Gasteiger partial charge in [0.1, 0.15) is 0 Å². The highest BCUT2D eigenvalue weighted by Crippen LogP contribution is 2.45. The summed E-state index contributed by atoms with van der Waals surface area (Å²) < 4.78 is 161. The molecule has 0 nitrogen and oxygen atoms in total. The van der Waals surface area contributed by atoms with Crippen LogP contribution in [0.4, 0.5) is 0 Å². The molecule has 9 rings (SSSR count). The van der Waals surface area contributed by atoms with E-state index in [-0.39, 0.29) is 32.7 Å². The second kappa shape index (κ2) is 10.9. The molecule has 0 radical (unpaired) electrons. The van der Waals surface area contributed by atoms with Crippen molar-refractivity contribution in [2.45, 2.75) is 0 Å². The maximum atomic E-state index is 9.91. The average molecular weight is 601 g/mol. The Bertz CT molecular complexity index is 3550. The fraction of sp³-hybridized carbons (Fsp3) is 0. The summed E-state index contributed by atoms with van der Waals surface area (Å²) in [6.07, 6.45) is 0. The zero-order valence-electron chi connectivity index (χ0n) is 41.9. The summed E-state index contributed by atoms with van der Waals surface area (Å²) in [6.45, 7) is 0. The highest BCUT2D eigenvalue weighted by Gasteiger charge is 2.18. The molecule has 0 aliphatic carbocycles. The molecule has 0 aliphatic rings. The summed E-state index contributed by atoms with van der Waals surface area (Å²) in [7, 11) is 0. The van der Waals surface area contributed by atoms with E-state index in [1.54, 1.807) is 24.3 Å². The zero-order chi connectivity index (χ0) is 46.1. The van der Waals surface area contributed by atoms with Crippen LogP contribution in [0.25, 0.3) is 87.6 Å². The molecule has 9 aromatic carbocycles. The number of benzene rings is 9. The van der Waals surface area contributed by atoms with E-state index in [1.807, 2.05) is 42.5 Å². The van der Waals surface area contributed by atoms with Gasteiger partial charge >= 0.3 is 0 Å². The molecule has 0 fully saturated rings. The first-order valence-electron chi connectivity index (χ1n) is 23.5. The van der Waals surface area contributed by atoms with Gasteiger partial charge < -0.3 is 0 Å². The topological polar surface area (TPSA) is 0 Å². The summed E-state index contributed by atoms with van der Waals surface area (Å²) in [5.41, 5.74) is 0.237. The molecule has 0 saturated heterocycles. The van der Waals surface area contributed by atoms with Gasteiger partial charge in [-0.1, -0.05) is 163 Å². The second-order valence-corrected chi connectivity index (χ2v) is 10.7. The van der Waals surface area contributed by atoms with Crippen LogP contribution in [-0.2, 0) is 0 Å². The van der Waals surface area contributed by atoms with Crippen molar-refractivity contribution < 1.29 is 24.7 Å². The van der Waals surface area contributed by atoms with Gasteiger partial charge in [0, 0.05) is 0 Å². The van der Waals surface area contributed by atoms with Crippen molar-refractivity contribution >= 4 is 43.1 Å². The lowest BCUT2D eigenvalue weighted by Crippen LogP contribution is -1.92. The van der Waals surface area contributed by atoms with Crippen molar-refractivity contribution in [2.75, 3.05) is 0 Å².